The first kappa shape index (κ1) is 17.6. The molecule has 0 spiro atoms. The standard InChI is InChI=1S/C18H25NO4/c1-4-7-23-13-16(20)12-19(15-5-6-15)11-14-8-17(21-2)10-18(9-14)22-3/h1,8-10,15-16,20H,5-7,11-13H2,2-3H3/t16-/m1/s1. The molecule has 0 aromatic heterocycles. The van der Waals surface area contributed by atoms with Gasteiger partial charge in [-0.05, 0) is 30.5 Å². The van der Waals surface area contributed by atoms with E-state index in [4.69, 9.17) is 20.6 Å². The van der Waals surface area contributed by atoms with Crippen LogP contribution < -0.4 is 9.47 Å². The van der Waals surface area contributed by atoms with Crippen LogP contribution in [0.2, 0.25) is 0 Å². The van der Waals surface area contributed by atoms with Gasteiger partial charge in [0.2, 0.25) is 0 Å². The van der Waals surface area contributed by atoms with Crippen molar-refractivity contribution in [3.05, 3.63) is 23.8 Å². The summed E-state index contributed by atoms with van der Waals surface area (Å²) in [4.78, 5) is 2.28. The van der Waals surface area contributed by atoms with Crippen molar-refractivity contribution >= 4 is 0 Å². The van der Waals surface area contributed by atoms with Crippen molar-refractivity contribution in [3.63, 3.8) is 0 Å². The normalized spacial score (nSPS) is 15.3. The molecule has 1 aromatic carbocycles. The van der Waals surface area contributed by atoms with Crippen LogP contribution in [0.4, 0.5) is 0 Å². The molecule has 1 aromatic rings. The molecule has 126 valence electrons. The van der Waals surface area contributed by atoms with Gasteiger partial charge >= 0.3 is 0 Å². The Morgan fingerprint density at radius 2 is 1.91 bits per heavy atom. The number of methoxy groups -OCH3 is 2. The van der Waals surface area contributed by atoms with Crippen LogP contribution >= 0.6 is 0 Å². The Bertz CT molecular complexity index is 514. The van der Waals surface area contributed by atoms with Gasteiger partial charge in [0.25, 0.3) is 0 Å². The second-order valence-corrected chi connectivity index (χ2v) is 5.75. The van der Waals surface area contributed by atoms with E-state index in [1.807, 2.05) is 18.2 Å². The number of aliphatic hydroxyl groups excluding tert-OH is 1. The zero-order chi connectivity index (χ0) is 16.7. The van der Waals surface area contributed by atoms with Crippen LogP contribution in [0.1, 0.15) is 18.4 Å². The quantitative estimate of drug-likeness (QED) is 0.525. The second kappa shape index (κ2) is 8.78. The third-order valence-electron chi connectivity index (χ3n) is 3.80. The highest BCUT2D eigenvalue weighted by Crippen LogP contribution is 2.30. The highest BCUT2D eigenvalue weighted by Gasteiger charge is 2.30. The molecule has 2 rings (SSSR count). The summed E-state index contributed by atoms with van der Waals surface area (Å²) < 4.78 is 15.8. The minimum Gasteiger partial charge on any atom is -0.497 e. The highest BCUT2D eigenvalue weighted by molar-refractivity contribution is 5.38. The van der Waals surface area contributed by atoms with E-state index in [1.54, 1.807) is 14.2 Å². The first-order valence-corrected chi connectivity index (χ1v) is 7.81. The monoisotopic (exact) mass is 319 g/mol. The predicted molar refractivity (Wildman–Crippen MR) is 88.6 cm³/mol. The minimum atomic E-state index is -0.545. The lowest BCUT2D eigenvalue weighted by atomic mass is 10.1. The van der Waals surface area contributed by atoms with Gasteiger partial charge in [-0.1, -0.05) is 5.92 Å². The summed E-state index contributed by atoms with van der Waals surface area (Å²) in [7, 11) is 3.29. The Morgan fingerprint density at radius 1 is 1.26 bits per heavy atom. The summed E-state index contributed by atoms with van der Waals surface area (Å²) in [6, 6.07) is 6.38. The maximum absolute atomic E-state index is 10.1. The number of hydrogen-bond donors (Lipinski definition) is 1. The number of benzene rings is 1. The summed E-state index contributed by atoms with van der Waals surface area (Å²) in [5.74, 6) is 3.94. The molecule has 23 heavy (non-hydrogen) atoms. The molecule has 5 nitrogen and oxygen atoms in total. The van der Waals surface area contributed by atoms with Crippen molar-refractivity contribution in [2.24, 2.45) is 0 Å². The molecule has 0 unspecified atom stereocenters. The van der Waals surface area contributed by atoms with E-state index in [-0.39, 0.29) is 13.2 Å². The fraction of sp³-hybridized carbons (Fsp3) is 0.556. The van der Waals surface area contributed by atoms with Gasteiger partial charge in [0.05, 0.1) is 26.9 Å². The summed E-state index contributed by atoms with van der Waals surface area (Å²) >= 11 is 0. The highest BCUT2D eigenvalue weighted by atomic mass is 16.5. The molecule has 0 saturated heterocycles. The van der Waals surface area contributed by atoms with Crippen molar-refractivity contribution < 1.29 is 19.3 Å². The number of hydrogen-bond acceptors (Lipinski definition) is 5. The zero-order valence-corrected chi connectivity index (χ0v) is 13.8. The Balaban J connectivity index is 1.98. The molecule has 5 heteroatoms. The van der Waals surface area contributed by atoms with Crippen molar-refractivity contribution in [2.75, 3.05) is 34.0 Å². The van der Waals surface area contributed by atoms with Crippen molar-refractivity contribution in [3.8, 4) is 23.8 Å². The molecule has 0 heterocycles. The van der Waals surface area contributed by atoms with Gasteiger partial charge in [-0.2, -0.15) is 0 Å². The Hall–Kier alpha value is -1.74. The molecule has 1 N–H and O–H groups in total. The number of ether oxygens (including phenoxy) is 3. The van der Waals surface area contributed by atoms with E-state index < -0.39 is 6.10 Å². The van der Waals surface area contributed by atoms with Gasteiger partial charge in [-0.15, -0.1) is 6.42 Å². The molecule has 0 aliphatic heterocycles. The number of terminal acetylenes is 1. The van der Waals surface area contributed by atoms with Gasteiger partial charge in [-0.25, -0.2) is 0 Å². The molecule has 1 atom stereocenters. The zero-order valence-electron chi connectivity index (χ0n) is 13.8. The minimum absolute atomic E-state index is 0.230. The van der Waals surface area contributed by atoms with E-state index in [1.165, 1.54) is 12.8 Å². The summed E-state index contributed by atoms with van der Waals surface area (Å²) in [6.45, 7) is 1.79. The van der Waals surface area contributed by atoms with Crippen molar-refractivity contribution in [1.29, 1.82) is 0 Å². The number of aliphatic hydroxyl groups is 1. The lowest BCUT2D eigenvalue weighted by Gasteiger charge is -2.25. The van der Waals surface area contributed by atoms with Crippen molar-refractivity contribution in [2.45, 2.75) is 31.5 Å². The average molecular weight is 319 g/mol. The Morgan fingerprint density at radius 3 is 2.43 bits per heavy atom. The smallest absolute Gasteiger partial charge is 0.122 e. The molecule has 0 amide bonds. The topological polar surface area (TPSA) is 51.2 Å². The van der Waals surface area contributed by atoms with E-state index in [0.29, 0.717) is 12.6 Å². The number of nitrogens with zero attached hydrogens (tertiary/aromatic N) is 1. The molecule has 0 bridgehead atoms. The average Bonchev–Trinajstić information content (AvgIpc) is 3.39. The maximum Gasteiger partial charge on any atom is 0.122 e. The molecule has 1 fully saturated rings. The van der Waals surface area contributed by atoms with E-state index in [0.717, 1.165) is 23.6 Å². The third-order valence-corrected chi connectivity index (χ3v) is 3.80. The molecular weight excluding hydrogens is 294 g/mol. The molecule has 0 radical (unpaired) electrons. The van der Waals surface area contributed by atoms with Gasteiger partial charge in [0, 0.05) is 25.2 Å². The Labute approximate surface area is 138 Å². The van der Waals surface area contributed by atoms with E-state index >= 15 is 0 Å². The summed E-state index contributed by atoms with van der Waals surface area (Å²) in [6.07, 6.45) is 6.93. The van der Waals surface area contributed by atoms with Crippen LogP contribution in [-0.4, -0.2) is 56.1 Å². The van der Waals surface area contributed by atoms with E-state index in [2.05, 4.69) is 10.8 Å². The second-order valence-electron chi connectivity index (χ2n) is 5.75. The van der Waals surface area contributed by atoms with Crippen LogP contribution in [-0.2, 0) is 11.3 Å². The third kappa shape index (κ3) is 5.76. The van der Waals surface area contributed by atoms with Gasteiger partial charge < -0.3 is 19.3 Å². The van der Waals surface area contributed by atoms with Crippen LogP contribution in [0.25, 0.3) is 0 Å². The lowest BCUT2D eigenvalue weighted by Crippen LogP contribution is -2.36. The maximum atomic E-state index is 10.1. The fourth-order valence-corrected chi connectivity index (χ4v) is 2.55. The van der Waals surface area contributed by atoms with Crippen molar-refractivity contribution in [1.82, 2.24) is 4.90 Å². The SMILES string of the molecule is C#CCOC[C@H](O)CN(Cc1cc(OC)cc(OC)c1)C1CC1. The first-order valence-electron chi connectivity index (χ1n) is 7.81. The predicted octanol–water partition coefficient (Wildman–Crippen LogP) is 1.68. The molecule has 1 saturated carbocycles. The van der Waals surface area contributed by atoms with Crippen LogP contribution in [0.15, 0.2) is 18.2 Å². The lowest BCUT2D eigenvalue weighted by molar-refractivity contribution is 0.0242. The van der Waals surface area contributed by atoms with Crippen LogP contribution in [0.3, 0.4) is 0 Å². The van der Waals surface area contributed by atoms with E-state index in [9.17, 15) is 5.11 Å². The molecule has 1 aliphatic rings. The van der Waals surface area contributed by atoms with Crippen LogP contribution in [0.5, 0.6) is 11.5 Å². The first-order chi connectivity index (χ1) is 11.2. The summed E-state index contributed by atoms with van der Waals surface area (Å²) in [5, 5.41) is 10.1. The molecule has 1 aliphatic carbocycles. The largest absolute Gasteiger partial charge is 0.497 e. The molecular formula is C18H25NO4. The van der Waals surface area contributed by atoms with Gasteiger partial charge in [0.1, 0.15) is 18.1 Å². The van der Waals surface area contributed by atoms with Crippen LogP contribution in [0, 0.1) is 12.3 Å². The van der Waals surface area contributed by atoms with Gasteiger partial charge in [-0.3, -0.25) is 4.90 Å². The Kier molecular flexibility index (Phi) is 6.72. The van der Waals surface area contributed by atoms with Gasteiger partial charge in [0.15, 0.2) is 0 Å². The fourth-order valence-electron chi connectivity index (χ4n) is 2.55. The summed E-state index contributed by atoms with van der Waals surface area (Å²) in [5.41, 5.74) is 1.10. The number of rotatable bonds is 10.